The molecule has 3 N–H and O–H groups in total. The Bertz CT molecular complexity index is 323. The van der Waals surface area contributed by atoms with Crippen molar-refractivity contribution in [3.63, 3.8) is 0 Å². The Kier molecular flexibility index (Phi) is 3.69. The van der Waals surface area contributed by atoms with E-state index in [4.69, 9.17) is 10.6 Å². The van der Waals surface area contributed by atoms with Crippen molar-refractivity contribution >= 4 is 0 Å². The molecule has 16 heavy (non-hydrogen) atoms. The van der Waals surface area contributed by atoms with Gasteiger partial charge < -0.3 is 4.74 Å². The molecule has 0 aromatic carbocycles. The van der Waals surface area contributed by atoms with Crippen molar-refractivity contribution in [3.8, 4) is 5.88 Å². The first-order valence-electron chi connectivity index (χ1n) is 5.67. The number of methoxy groups -OCH3 is 1. The van der Waals surface area contributed by atoms with Crippen molar-refractivity contribution in [1.29, 1.82) is 0 Å². The lowest BCUT2D eigenvalue weighted by atomic mass is 10.1. The average Bonchev–Trinajstić information content (AvgIpc) is 3.15. The molecule has 0 aliphatic heterocycles. The summed E-state index contributed by atoms with van der Waals surface area (Å²) in [5.74, 6) is 6.97. The maximum Gasteiger partial charge on any atom is 0.233 e. The van der Waals surface area contributed by atoms with Crippen LogP contribution in [0, 0.1) is 5.92 Å². The minimum Gasteiger partial charge on any atom is -0.480 e. The number of nitrogens with one attached hydrogen (secondary N) is 1. The predicted octanol–water partition coefficient (Wildman–Crippen LogP) is 1.18. The smallest absolute Gasteiger partial charge is 0.233 e. The van der Waals surface area contributed by atoms with Crippen LogP contribution in [0.1, 0.15) is 37.4 Å². The summed E-state index contributed by atoms with van der Waals surface area (Å²) in [7, 11) is 1.58. The Morgan fingerprint density at radius 3 is 2.81 bits per heavy atom. The fraction of sp³-hybridized carbons (Fsp3) is 0.636. The number of nitrogens with zero attached hydrogens (tertiary/aromatic N) is 2. The van der Waals surface area contributed by atoms with Gasteiger partial charge in [0, 0.05) is 6.07 Å². The molecule has 1 atom stereocenters. The highest BCUT2D eigenvalue weighted by Gasteiger charge is 2.23. The van der Waals surface area contributed by atoms with Crippen molar-refractivity contribution in [1.82, 2.24) is 15.6 Å². The van der Waals surface area contributed by atoms with Crippen molar-refractivity contribution in [2.75, 3.05) is 7.11 Å². The summed E-state index contributed by atoms with van der Waals surface area (Å²) in [6, 6.07) is 3.81. The molecule has 5 nitrogen and oxygen atoms in total. The molecule has 0 radical (unpaired) electrons. The fourth-order valence-electron chi connectivity index (χ4n) is 1.75. The van der Waals surface area contributed by atoms with Crippen LogP contribution in [0.15, 0.2) is 12.1 Å². The molecule has 1 unspecified atom stereocenters. The molecule has 0 bridgehead atoms. The van der Waals surface area contributed by atoms with E-state index >= 15 is 0 Å². The quantitative estimate of drug-likeness (QED) is 0.558. The third-order valence-corrected chi connectivity index (χ3v) is 2.99. The van der Waals surface area contributed by atoms with Crippen LogP contribution in [-0.4, -0.2) is 17.3 Å². The molecule has 5 heteroatoms. The molecule has 1 saturated carbocycles. The Labute approximate surface area is 95.4 Å². The molecule has 1 heterocycles. The third kappa shape index (κ3) is 2.90. The van der Waals surface area contributed by atoms with Crippen LogP contribution in [-0.2, 0) is 0 Å². The standard InChI is InChI=1S/C11H18N4O/c1-16-11-7-6-10(14-15-11)9(13-12)5-4-8-2-3-8/h6-9,13H,2-5,12H2,1H3. The summed E-state index contributed by atoms with van der Waals surface area (Å²) in [5, 5.41) is 8.04. The molecule has 0 saturated heterocycles. The van der Waals surface area contributed by atoms with Gasteiger partial charge in [-0.15, -0.1) is 5.10 Å². The topological polar surface area (TPSA) is 73.1 Å². The Balaban J connectivity index is 1.94. The predicted molar refractivity (Wildman–Crippen MR) is 60.6 cm³/mol. The molecule has 0 amide bonds. The van der Waals surface area contributed by atoms with E-state index in [2.05, 4.69) is 15.6 Å². The van der Waals surface area contributed by atoms with Crippen molar-refractivity contribution in [2.24, 2.45) is 11.8 Å². The molecular formula is C11H18N4O. The summed E-state index contributed by atoms with van der Waals surface area (Å²) in [4.78, 5) is 0. The summed E-state index contributed by atoms with van der Waals surface area (Å²) < 4.78 is 4.97. The van der Waals surface area contributed by atoms with Gasteiger partial charge in [-0.05, 0) is 24.8 Å². The first kappa shape index (κ1) is 11.3. The number of hydrazine groups is 1. The normalized spacial score (nSPS) is 17.1. The molecule has 1 fully saturated rings. The van der Waals surface area contributed by atoms with Crippen LogP contribution in [0.25, 0.3) is 0 Å². The van der Waals surface area contributed by atoms with Crippen molar-refractivity contribution in [3.05, 3.63) is 17.8 Å². The van der Waals surface area contributed by atoms with Gasteiger partial charge >= 0.3 is 0 Å². The number of hydrogen-bond acceptors (Lipinski definition) is 5. The van der Waals surface area contributed by atoms with Gasteiger partial charge in [-0.25, -0.2) is 0 Å². The first-order valence-corrected chi connectivity index (χ1v) is 5.67. The van der Waals surface area contributed by atoms with Gasteiger partial charge in [0.15, 0.2) is 0 Å². The molecular weight excluding hydrogens is 204 g/mol. The van der Waals surface area contributed by atoms with Gasteiger partial charge in [-0.1, -0.05) is 12.8 Å². The van der Waals surface area contributed by atoms with Gasteiger partial charge in [0.2, 0.25) is 5.88 Å². The summed E-state index contributed by atoms with van der Waals surface area (Å²) >= 11 is 0. The molecule has 1 aromatic rings. The Morgan fingerprint density at radius 2 is 2.31 bits per heavy atom. The number of rotatable bonds is 6. The third-order valence-electron chi connectivity index (χ3n) is 2.99. The minimum atomic E-state index is 0.0963. The van der Waals surface area contributed by atoms with Crippen molar-refractivity contribution in [2.45, 2.75) is 31.7 Å². The van der Waals surface area contributed by atoms with Crippen LogP contribution in [0.4, 0.5) is 0 Å². The molecule has 2 rings (SSSR count). The Hall–Kier alpha value is -1.20. The SMILES string of the molecule is COc1ccc(C(CCC2CC2)NN)nn1. The van der Waals surface area contributed by atoms with Gasteiger partial charge in [0.1, 0.15) is 0 Å². The maximum absolute atomic E-state index is 5.53. The summed E-state index contributed by atoms with van der Waals surface area (Å²) in [5.41, 5.74) is 3.67. The van der Waals surface area contributed by atoms with E-state index in [1.165, 1.54) is 19.3 Å². The van der Waals surface area contributed by atoms with E-state index in [1.54, 1.807) is 7.11 Å². The number of hydrogen-bond donors (Lipinski definition) is 2. The van der Waals surface area contributed by atoms with Crippen LogP contribution >= 0.6 is 0 Å². The van der Waals surface area contributed by atoms with Gasteiger partial charge in [-0.2, -0.15) is 5.10 Å². The monoisotopic (exact) mass is 222 g/mol. The average molecular weight is 222 g/mol. The molecule has 88 valence electrons. The fourth-order valence-corrected chi connectivity index (χ4v) is 1.75. The molecule has 1 aliphatic carbocycles. The maximum atomic E-state index is 5.53. The number of aromatic nitrogens is 2. The minimum absolute atomic E-state index is 0.0963. The zero-order valence-corrected chi connectivity index (χ0v) is 9.52. The second kappa shape index (κ2) is 5.23. The summed E-state index contributed by atoms with van der Waals surface area (Å²) in [6.07, 6.45) is 4.96. The van der Waals surface area contributed by atoms with Crippen molar-refractivity contribution < 1.29 is 4.74 Å². The largest absolute Gasteiger partial charge is 0.480 e. The van der Waals surface area contributed by atoms with Gasteiger partial charge in [0.25, 0.3) is 0 Å². The first-order chi connectivity index (χ1) is 7.83. The number of nitrogens with two attached hydrogens (primary N) is 1. The lowest BCUT2D eigenvalue weighted by Crippen LogP contribution is -2.29. The van der Waals surface area contributed by atoms with Crippen LogP contribution < -0.4 is 16.0 Å². The van der Waals surface area contributed by atoms with E-state index in [0.717, 1.165) is 18.0 Å². The van der Waals surface area contributed by atoms with Gasteiger partial charge in [-0.3, -0.25) is 11.3 Å². The van der Waals surface area contributed by atoms with Crippen LogP contribution in [0.3, 0.4) is 0 Å². The van der Waals surface area contributed by atoms with E-state index in [-0.39, 0.29) is 6.04 Å². The van der Waals surface area contributed by atoms with E-state index in [0.29, 0.717) is 5.88 Å². The van der Waals surface area contributed by atoms with E-state index in [9.17, 15) is 0 Å². The highest BCUT2D eigenvalue weighted by molar-refractivity contribution is 5.13. The van der Waals surface area contributed by atoms with E-state index in [1.807, 2.05) is 12.1 Å². The summed E-state index contributed by atoms with van der Waals surface area (Å²) in [6.45, 7) is 0. The molecule has 0 spiro atoms. The van der Waals surface area contributed by atoms with E-state index < -0.39 is 0 Å². The van der Waals surface area contributed by atoms with Gasteiger partial charge in [0.05, 0.1) is 18.8 Å². The zero-order valence-electron chi connectivity index (χ0n) is 9.52. The number of ether oxygens (including phenoxy) is 1. The second-order valence-corrected chi connectivity index (χ2v) is 4.24. The lowest BCUT2D eigenvalue weighted by Gasteiger charge is -2.14. The van der Waals surface area contributed by atoms with Crippen LogP contribution in [0.5, 0.6) is 5.88 Å². The Morgan fingerprint density at radius 1 is 1.50 bits per heavy atom. The zero-order chi connectivity index (χ0) is 11.4. The second-order valence-electron chi connectivity index (χ2n) is 4.24. The molecule has 1 aliphatic rings. The molecule has 1 aromatic heterocycles. The lowest BCUT2D eigenvalue weighted by molar-refractivity contribution is 0.387. The highest BCUT2D eigenvalue weighted by Crippen LogP contribution is 2.35. The van der Waals surface area contributed by atoms with Crippen LogP contribution in [0.2, 0.25) is 0 Å². The highest BCUT2D eigenvalue weighted by atomic mass is 16.5.